The summed E-state index contributed by atoms with van der Waals surface area (Å²) in [4.78, 5) is 9.81. The molecule has 6 heteroatoms. The number of aromatic nitrogens is 1. The molecule has 1 aromatic heterocycles. The van der Waals surface area contributed by atoms with Gasteiger partial charge in [0, 0.05) is 30.6 Å². The molecule has 0 saturated carbocycles. The number of guanidine groups is 1. The Morgan fingerprint density at radius 2 is 2.28 bits per heavy atom. The zero-order valence-corrected chi connectivity index (χ0v) is 14.4. The van der Waals surface area contributed by atoms with Crippen LogP contribution in [0.3, 0.4) is 0 Å². The Bertz CT molecular complexity index is 363. The van der Waals surface area contributed by atoms with Gasteiger partial charge in [-0.3, -0.25) is 4.99 Å². The molecule has 1 heterocycles. The van der Waals surface area contributed by atoms with Gasteiger partial charge in [0.25, 0.3) is 0 Å². The van der Waals surface area contributed by atoms with E-state index in [1.165, 1.54) is 4.88 Å². The highest BCUT2D eigenvalue weighted by atomic mass is 127. The molecular formula is C12H23IN4S. The highest BCUT2D eigenvalue weighted by Crippen LogP contribution is 2.10. The topological polar surface area (TPSA) is 63.3 Å². The van der Waals surface area contributed by atoms with Crippen LogP contribution in [0.25, 0.3) is 0 Å². The van der Waals surface area contributed by atoms with E-state index in [-0.39, 0.29) is 24.0 Å². The van der Waals surface area contributed by atoms with Crippen molar-refractivity contribution in [1.82, 2.24) is 10.3 Å². The van der Waals surface area contributed by atoms with Crippen LogP contribution in [0.2, 0.25) is 0 Å². The van der Waals surface area contributed by atoms with E-state index >= 15 is 0 Å². The monoisotopic (exact) mass is 382 g/mol. The molecule has 1 aromatic rings. The van der Waals surface area contributed by atoms with Gasteiger partial charge < -0.3 is 11.1 Å². The maximum Gasteiger partial charge on any atom is 0.188 e. The molecule has 0 aromatic carbocycles. The molecular weight excluding hydrogens is 359 g/mol. The van der Waals surface area contributed by atoms with Crippen molar-refractivity contribution in [2.24, 2.45) is 16.6 Å². The molecule has 104 valence electrons. The second kappa shape index (κ2) is 9.55. The van der Waals surface area contributed by atoms with E-state index in [4.69, 9.17) is 5.73 Å². The first-order chi connectivity index (χ1) is 8.08. The van der Waals surface area contributed by atoms with Gasteiger partial charge in [-0.2, -0.15) is 0 Å². The Hall–Kier alpha value is -0.370. The second-order valence-electron chi connectivity index (χ2n) is 4.49. The molecule has 4 nitrogen and oxygen atoms in total. The summed E-state index contributed by atoms with van der Waals surface area (Å²) in [5.41, 5.74) is 5.75. The summed E-state index contributed by atoms with van der Waals surface area (Å²) in [6.45, 7) is 8.03. The number of aryl methyl sites for hydroxylation is 1. The minimum Gasteiger partial charge on any atom is -0.370 e. The van der Waals surface area contributed by atoms with Crippen molar-refractivity contribution in [2.45, 2.75) is 33.6 Å². The molecule has 1 rings (SSSR count). The van der Waals surface area contributed by atoms with E-state index < -0.39 is 0 Å². The molecule has 0 amide bonds. The summed E-state index contributed by atoms with van der Waals surface area (Å²) in [5.74, 6) is 1.21. The lowest BCUT2D eigenvalue weighted by Gasteiger charge is -2.05. The predicted molar refractivity (Wildman–Crippen MR) is 89.9 cm³/mol. The van der Waals surface area contributed by atoms with Gasteiger partial charge in [-0.15, -0.1) is 35.3 Å². The summed E-state index contributed by atoms with van der Waals surface area (Å²) in [6.07, 6.45) is 3.88. The molecule has 0 atom stereocenters. The van der Waals surface area contributed by atoms with Gasteiger partial charge in [0.1, 0.15) is 0 Å². The van der Waals surface area contributed by atoms with Crippen LogP contribution in [0.1, 0.15) is 30.2 Å². The molecule has 3 N–H and O–H groups in total. The van der Waals surface area contributed by atoms with Gasteiger partial charge in [0.05, 0.1) is 5.01 Å². The number of thiazole rings is 1. The van der Waals surface area contributed by atoms with E-state index in [2.05, 4.69) is 36.1 Å². The number of nitrogens with one attached hydrogen (secondary N) is 1. The number of aliphatic imine (C=N–C) groups is 1. The smallest absolute Gasteiger partial charge is 0.188 e. The lowest BCUT2D eigenvalue weighted by atomic mass is 10.1. The number of nitrogens with zero attached hydrogens (tertiary/aromatic N) is 2. The van der Waals surface area contributed by atoms with Gasteiger partial charge in [-0.25, -0.2) is 4.98 Å². The third-order valence-corrected chi connectivity index (χ3v) is 3.28. The lowest BCUT2D eigenvalue weighted by Crippen LogP contribution is -2.33. The number of nitrogens with two attached hydrogens (primary N) is 1. The van der Waals surface area contributed by atoms with Gasteiger partial charge in [-0.1, -0.05) is 13.8 Å². The second-order valence-corrected chi connectivity index (χ2v) is 5.81. The van der Waals surface area contributed by atoms with E-state index in [9.17, 15) is 0 Å². The summed E-state index contributed by atoms with van der Waals surface area (Å²) in [6, 6.07) is 0. The average molecular weight is 382 g/mol. The van der Waals surface area contributed by atoms with E-state index in [0.717, 1.165) is 30.9 Å². The maximum atomic E-state index is 5.75. The Kier molecular flexibility index (Phi) is 9.35. The van der Waals surface area contributed by atoms with Gasteiger partial charge in [-0.05, 0) is 19.3 Å². The standard InChI is InChI=1S/C12H22N4S.HI/c1-9(2)4-6-14-12(13)15-7-5-11-16-8-10(3)17-11;/h8-9H,4-7H2,1-3H3,(H3,13,14,15);1H. The Morgan fingerprint density at radius 3 is 2.83 bits per heavy atom. The number of halogens is 1. The molecule has 0 fully saturated rings. The third kappa shape index (κ3) is 7.86. The maximum absolute atomic E-state index is 5.75. The molecule has 0 bridgehead atoms. The Morgan fingerprint density at radius 1 is 1.56 bits per heavy atom. The fraction of sp³-hybridized carbons (Fsp3) is 0.667. The normalized spacial score (nSPS) is 11.4. The largest absolute Gasteiger partial charge is 0.370 e. The van der Waals surface area contributed by atoms with Crippen molar-refractivity contribution in [3.8, 4) is 0 Å². The molecule has 0 radical (unpaired) electrons. The first-order valence-electron chi connectivity index (χ1n) is 6.03. The molecule has 18 heavy (non-hydrogen) atoms. The van der Waals surface area contributed by atoms with Crippen LogP contribution in [-0.2, 0) is 6.42 Å². The highest BCUT2D eigenvalue weighted by Gasteiger charge is 1.99. The fourth-order valence-corrected chi connectivity index (χ4v) is 2.10. The van der Waals surface area contributed by atoms with Crippen LogP contribution in [0.15, 0.2) is 11.2 Å². The first kappa shape index (κ1) is 17.6. The molecule has 0 spiro atoms. The average Bonchev–Trinajstić information content (AvgIpc) is 2.63. The Labute approximate surface area is 131 Å². The molecule has 0 saturated heterocycles. The summed E-state index contributed by atoms with van der Waals surface area (Å²) < 4.78 is 0. The van der Waals surface area contributed by atoms with Crippen molar-refractivity contribution in [3.63, 3.8) is 0 Å². The van der Waals surface area contributed by atoms with Crippen molar-refractivity contribution in [1.29, 1.82) is 0 Å². The van der Waals surface area contributed by atoms with Crippen LogP contribution < -0.4 is 11.1 Å². The third-order valence-electron chi connectivity index (χ3n) is 2.30. The van der Waals surface area contributed by atoms with Crippen molar-refractivity contribution in [2.75, 3.05) is 13.1 Å². The quantitative estimate of drug-likeness (QED) is 0.452. The van der Waals surface area contributed by atoms with Gasteiger partial charge in [0.2, 0.25) is 0 Å². The van der Waals surface area contributed by atoms with E-state index in [1.807, 2.05) is 6.20 Å². The number of hydrogen-bond donors (Lipinski definition) is 2. The van der Waals surface area contributed by atoms with E-state index in [1.54, 1.807) is 11.3 Å². The SMILES string of the molecule is Cc1cnc(CCNC(N)=NCCC(C)C)s1.I. The first-order valence-corrected chi connectivity index (χ1v) is 6.84. The minimum atomic E-state index is 0. The number of hydrogen-bond acceptors (Lipinski definition) is 3. The van der Waals surface area contributed by atoms with Gasteiger partial charge in [0.15, 0.2) is 5.96 Å². The molecule has 0 unspecified atom stereocenters. The fourth-order valence-electron chi connectivity index (χ4n) is 1.31. The summed E-state index contributed by atoms with van der Waals surface area (Å²) >= 11 is 1.73. The Balaban J connectivity index is 0.00000289. The van der Waals surface area contributed by atoms with Crippen LogP contribution in [0.4, 0.5) is 0 Å². The summed E-state index contributed by atoms with van der Waals surface area (Å²) in [5, 5.41) is 4.25. The molecule has 0 aliphatic heterocycles. The number of rotatable bonds is 6. The highest BCUT2D eigenvalue weighted by molar-refractivity contribution is 14.0. The van der Waals surface area contributed by atoms with Crippen LogP contribution in [-0.4, -0.2) is 24.0 Å². The minimum absolute atomic E-state index is 0. The van der Waals surface area contributed by atoms with E-state index in [0.29, 0.717) is 11.9 Å². The zero-order chi connectivity index (χ0) is 12.7. The van der Waals surface area contributed by atoms with Crippen molar-refractivity contribution >= 4 is 41.3 Å². The van der Waals surface area contributed by atoms with Crippen LogP contribution >= 0.6 is 35.3 Å². The van der Waals surface area contributed by atoms with Crippen molar-refractivity contribution < 1.29 is 0 Å². The summed E-state index contributed by atoms with van der Waals surface area (Å²) in [7, 11) is 0. The lowest BCUT2D eigenvalue weighted by molar-refractivity contribution is 0.595. The molecule has 0 aliphatic rings. The van der Waals surface area contributed by atoms with Gasteiger partial charge >= 0.3 is 0 Å². The zero-order valence-electron chi connectivity index (χ0n) is 11.3. The van der Waals surface area contributed by atoms with Crippen LogP contribution in [0, 0.1) is 12.8 Å². The van der Waals surface area contributed by atoms with Crippen LogP contribution in [0.5, 0.6) is 0 Å². The molecule has 0 aliphatic carbocycles. The van der Waals surface area contributed by atoms with Crippen molar-refractivity contribution in [3.05, 3.63) is 16.1 Å². The predicted octanol–water partition coefficient (Wildman–Crippen LogP) is 2.56.